The number of ether oxygens (including phenoxy) is 2. The SMILES string of the molecule is COc1cc2c(c(C)c1O)OC(=O)C2. The summed E-state index contributed by atoms with van der Waals surface area (Å²) >= 11 is 0. The first-order chi connectivity index (χ1) is 6.63. The lowest BCUT2D eigenvalue weighted by Crippen LogP contribution is -2.00. The molecule has 0 atom stereocenters. The molecule has 1 N–H and O–H groups in total. The monoisotopic (exact) mass is 194 g/mol. The first-order valence-electron chi connectivity index (χ1n) is 4.23. The van der Waals surface area contributed by atoms with Crippen LogP contribution in [0.4, 0.5) is 0 Å². The Balaban J connectivity index is 2.61. The zero-order valence-corrected chi connectivity index (χ0v) is 7.96. The summed E-state index contributed by atoms with van der Waals surface area (Å²) in [4.78, 5) is 11.0. The van der Waals surface area contributed by atoms with Gasteiger partial charge in [-0.05, 0) is 13.0 Å². The second-order valence-electron chi connectivity index (χ2n) is 3.19. The Morgan fingerprint density at radius 1 is 1.57 bits per heavy atom. The van der Waals surface area contributed by atoms with Gasteiger partial charge in [-0.3, -0.25) is 4.79 Å². The summed E-state index contributed by atoms with van der Waals surface area (Å²) in [6.45, 7) is 1.69. The van der Waals surface area contributed by atoms with E-state index >= 15 is 0 Å². The molecule has 1 aromatic carbocycles. The van der Waals surface area contributed by atoms with Gasteiger partial charge in [-0.25, -0.2) is 0 Å². The van der Waals surface area contributed by atoms with Gasteiger partial charge in [-0.2, -0.15) is 0 Å². The third-order valence-corrected chi connectivity index (χ3v) is 2.30. The van der Waals surface area contributed by atoms with E-state index in [0.717, 1.165) is 5.56 Å². The van der Waals surface area contributed by atoms with Gasteiger partial charge in [0.15, 0.2) is 11.5 Å². The minimum absolute atomic E-state index is 0.0287. The molecule has 0 aliphatic carbocycles. The van der Waals surface area contributed by atoms with Crippen LogP contribution in [0.5, 0.6) is 17.2 Å². The fourth-order valence-corrected chi connectivity index (χ4v) is 1.56. The number of rotatable bonds is 1. The van der Waals surface area contributed by atoms with Crippen LogP contribution in [0.25, 0.3) is 0 Å². The Labute approximate surface area is 81.1 Å². The van der Waals surface area contributed by atoms with Crippen molar-refractivity contribution in [2.45, 2.75) is 13.3 Å². The summed E-state index contributed by atoms with van der Waals surface area (Å²) in [5, 5.41) is 9.63. The van der Waals surface area contributed by atoms with Gasteiger partial charge in [0, 0.05) is 11.1 Å². The zero-order chi connectivity index (χ0) is 10.3. The fourth-order valence-electron chi connectivity index (χ4n) is 1.56. The molecule has 0 bridgehead atoms. The Morgan fingerprint density at radius 2 is 2.29 bits per heavy atom. The molecule has 1 heterocycles. The average molecular weight is 194 g/mol. The molecule has 0 aromatic heterocycles. The van der Waals surface area contributed by atoms with Crippen LogP contribution in [0, 0.1) is 6.92 Å². The number of methoxy groups -OCH3 is 1. The van der Waals surface area contributed by atoms with Gasteiger partial charge >= 0.3 is 5.97 Å². The highest BCUT2D eigenvalue weighted by atomic mass is 16.5. The van der Waals surface area contributed by atoms with E-state index in [9.17, 15) is 9.90 Å². The van der Waals surface area contributed by atoms with Crippen LogP contribution in [0.1, 0.15) is 11.1 Å². The van der Waals surface area contributed by atoms with Gasteiger partial charge < -0.3 is 14.6 Å². The second kappa shape index (κ2) is 2.90. The maximum absolute atomic E-state index is 11.0. The molecule has 1 aliphatic heterocycles. The van der Waals surface area contributed by atoms with Crippen molar-refractivity contribution in [3.8, 4) is 17.2 Å². The lowest BCUT2D eigenvalue weighted by atomic mass is 10.1. The van der Waals surface area contributed by atoms with E-state index in [1.807, 2.05) is 0 Å². The molecule has 0 radical (unpaired) electrons. The van der Waals surface area contributed by atoms with Crippen LogP contribution in [-0.2, 0) is 11.2 Å². The van der Waals surface area contributed by atoms with E-state index in [-0.39, 0.29) is 18.1 Å². The maximum atomic E-state index is 11.0. The van der Waals surface area contributed by atoms with Crippen LogP contribution < -0.4 is 9.47 Å². The van der Waals surface area contributed by atoms with Gasteiger partial charge in [-0.1, -0.05) is 0 Å². The van der Waals surface area contributed by atoms with E-state index in [0.29, 0.717) is 17.1 Å². The molecule has 0 unspecified atom stereocenters. The topological polar surface area (TPSA) is 55.8 Å². The molecular weight excluding hydrogens is 184 g/mol. The number of carbonyl (C=O) groups excluding carboxylic acids is 1. The highest BCUT2D eigenvalue weighted by molar-refractivity contribution is 5.83. The lowest BCUT2D eigenvalue weighted by Gasteiger charge is -2.09. The van der Waals surface area contributed by atoms with Crippen LogP contribution in [0.15, 0.2) is 6.07 Å². The molecule has 14 heavy (non-hydrogen) atoms. The fraction of sp³-hybridized carbons (Fsp3) is 0.300. The number of aromatic hydroxyl groups is 1. The molecular formula is C10H10O4. The summed E-state index contributed by atoms with van der Waals surface area (Å²) in [5.41, 5.74) is 1.31. The molecule has 74 valence electrons. The molecule has 4 heteroatoms. The standard InChI is InChI=1S/C10H10O4/c1-5-9(12)7(13-2)3-6-4-8(11)14-10(5)6/h3,12H,4H2,1-2H3. The number of fused-ring (bicyclic) bond motifs is 1. The maximum Gasteiger partial charge on any atom is 0.315 e. The second-order valence-corrected chi connectivity index (χ2v) is 3.19. The summed E-state index contributed by atoms with van der Waals surface area (Å²) in [6.07, 6.45) is 0.243. The Kier molecular flexibility index (Phi) is 1.84. The van der Waals surface area contributed by atoms with Gasteiger partial charge in [0.1, 0.15) is 5.75 Å². The molecule has 1 aliphatic rings. The third kappa shape index (κ3) is 1.11. The summed E-state index contributed by atoms with van der Waals surface area (Å²) in [5.74, 6) is 0.574. The van der Waals surface area contributed by atoms with E-state index in [2.05, 4.69) is 0 Å². The van der Waals surface area contributed by atoms with E-state index in [1.54, 1.807) is 13.0 Å². The van der Waals surface area contributed by atoms with Crippen molar-refractivity contribution in [2.24, 2.45) is 0 Å². The van der Waals surface area contributed by atoms with Gasteiger partial charge in [0.2, 0.25) is 0 Å². The number of phenols is 1. The van der Waals surface area contributed by atoms with E-state index < -0.39 is 0 Å². The molecule has 0 fully saturated rings. The van der Waals surface area contributed by atoms with Crippen LogP contribution in [-0.4, -0.2) is 18.2 Å². The minimum atomic E-state index is -0.296. The van der Waals surface area contributed by atoms with Gasteiger partial charge in [0.25, 0.3) is 0 Å². The molecule has 1 aromatic rings. The first-order valence-corrected chi connectivity index (χ1v) is 4.23. The van der Waals surface area contributed by atoms with Gasteiger partial charge in [-0.15, -0.1) is 0 Å². The smallest absolute Gasteiger partial charge is 0.315 e. The third-order valence-electron chi connectivity index (χ3n) is 2.30. The summed E-state index contributed by atoms with van der Waals surface area (Å²) in [6, 6.07) is 1.63. The molecule has 4 nitrogen and oxygen atoms in total. The average Bonchev–Trinajstić information content (AvgIpc) is 2.52. The predicted octanol–water partition coefficient (Wildman–Crippen LogP) is 1.17. The normalized spacial score (nSPS) is 13.7. The van der Waals surface area contributed by atoms with E-state index in [1.165, 1.54) is 7.11 Å². The first kappa shape index (κ1) is 8.87. The quantitative estimate of drug-likeness (QED) is 0.538. The Hall–Kier alpha value is -1.71. The highest BCUT2D eigenvalue weighted by Gasteiger charge is 2.26. The van der Waals surface area contributed by atoms with Crippen molar-refractivity contribution < 1.29 is 19.4 Å². The zero-order valence-electron chi connectivity index (χ0n) is 7.96. The highest BCUT2D eigenvalue weighted by Crippen LogP contribution is 2.41. The lowest BCUT2D eigenvalue weighted by molar-refractivity contribution is -0.131. The van der Waals surface area contributed by atoms with E-state index in [4.69, 9.17) is 9.47 Å². The molecule has 2 rings (SSSR count). The van der Waals surface area contributed by atoms with Gasteiger partial charge in [0.05, 0.1) is 13.5 Å². The predicted molar refractivity (Wildman–Crippen MR) is 48.7 cm³/mol. The molecule has 0 saturated heterocycles. The van der Waals surface area contributed by atoms with Crippen molar-refractivity contribution in [3.05, 3.63) is 17.2 Å². The van der Waals surface area contributed by atoms with Crippen LogP contribution in [0.3, 0.4) is 0 Å². The minimum Gasteiger partial charge on any atom is -0.504 e. The Morgan fingerprint density at radius 3 is 2.93 bits per heavy atom. The van der Waals surface area contributed by atoms with Crippen molar-refractivity contribution in [2.75, 3.05) is 7.11 Å². The van der Waals surface area contributed by atoms with Crippen LogP contribution >= 0.6 is 0 Å². The number of phenolic OH excluding ortho intramolecular Hbond substituents is 1. The number of benzene rings is 1. The van der Waals surface area contributed by atoms with Crippen molar-refractivity contribution in [1.82, 2.24) is 0 Å². The number of hydrogen-bond donors (Lipinski definition) is 1. The van der Waals surface area contributed by atoms with Crippen LogP contribution in [0.2, 0.25) is 0 Å². The van der Waals surface area contributed by atoms with Crippen molar-refractivity contribution >= 4 is 5.97 Å². The number of esters is 1. The summed E-state index contributed by atoms with van der Waals surface area (Å²) in [7, 11) is 1.47. The Bertz CT molecular complexity index is 409. The number of hydrogen-bond acceptors (Lipinski definition) is 4. The van der Waals surface area contributed by atoms with Crippen molar-refractivity contribution in [3.63, 3.8) is 0 Å². The molecule has 0 saturated carbocycles. The summed E-state index contributed by atoms with van der Waals surface area (Å²) < 4.78 is 9.93. The molecule has 0 spiro atoms. The largest absolute Gasteiger partial charge is 0.504 e. The van der Waals surface area contributed by atoms with Crippen molar-refractivity contribution in [1.29, 1.82) is 0 Å². The number of carbonyl (C=O) groups is 1. The molecule has 0 amide bonds.